The molecule has 3 aliphatic heterocycles. The second kappa shape index (κ2) is 8.70. The normalized spacial score (nSPS) is 38.2. The number of aliphatic hydroxyl groups excluding tert-OH is 1. The lowest BCUT2D eigenvalue weighted by Crippen LogP contribution is -2.58. The first-order valence-electron chi connectivity index (χ1n) is 11.8. The monoisotopic (exact) mass is 437 g/mol. The summed E-state index contributed by atoms with van der Waals surface area (Å²) in [6, 6.07) is -1.45. The van der Waals surface area contributed by atoms with E-state index in [-0.39, 0.29) is 36.3 Å². The van der Waals surface area contributed by atoms with Crippen molar-refractivity contribution in [1.82, 2.24) is 15.5 Å². The van der Waals surface area contributed by atoms with Gasteiger partial charge in [-0.15, -0.1) is 0 Å². The fourth-order valence-corrected chi connectivity index (χ4v) is 6.12. The van der Waals surface area contributed by atoms with E-state index in [1.807, 2.05) is 27.7 Å². The SMILES string of the molecule is CCCNC(=O)[C@H]1[C@H]2C(=O)N([C@H](C)CO)C(C(=O)NC(C)CCC)C23CC(C)[C@]1(C)O3. The van der Waals surface area contributed by atoms with Crippen LogP contribution in [0.5, 0.6) is 0 Å². The van der Waals surface area contributed by atoms with Gasteiger partial charge in [-0.2, -0.15) is 0 Å². The molecule has 0 radical (unpaired) electrons. The highest BCUT2D eigenvalue weighted by Crippen LogP contribution is 2.65. The molecule has 3 rings (SSSR count). The third-order valence-electron chi connectivity index (χ3n) is 7.68. The molecule has 3 amide bonds. The number of nitrogens with one attached hydrogen (secondary N) is 2. The van der Waals surface area contributed by atoms with Gasteiger partial charge in [0.15, 0.2) is 0 Å². The van der Waals surface area contributed by atoms with Crippen molar-refractivity contribution in [2.45, 2.75) is 96.6 Å². The molecule has 1 spiro atoms. The van der Waals surface area contributed by atoms with Gasteiger partial charge in [-0.1, -0.05) is 27.2 Å². The molecule has 0 aromatic carbocycles. The van der Waals surface area contributed by atoms with Gasteiger partial charge in [0, 0.05) is 12.6 Å². The highest BCUT2D eigenvalue weighted by atomic mass is 16.5. The predicted octanol–water partition coefficient (Wildman–Crippen LogP) is 1.21. The Balaban J connectivity index is 2.04. The van der Waals surface area contributed by atoms with Crippen molar-refractivity contribution >= 4 is 17.7 Å². The second-order valence-corrected chi connectivity index (χ2v) is 9.97. The quantitative estimate of drug-likeness (QED) is 0.503. The maximum Gasteiger partial charge on any atom is 0.246 e. The average molecular weight is 438 g/mol. The molecule has 8 atom stereocenters. The number of likely N-dealkylation sites (tertiary alicyclic amines) is 1. The lowest BCUT2D eigenvalue weighted by Gasteiger charge is -2.36. The van der Waals surface area contributed by atoms with Gasteiger partial charge in [0.2, 0.25) is 17.7 Å². The molecule has 8 heteroatoms. The molecule has 0 aromatic heterocycles. The van der Waals surface area contributed by atoms with E-state index in [1.54, 1.807) is 6.92 Å². The molecule has 3 fully saturated rings. The first-order chi connectivity index (χ1) is 14.6. The van der Waals surface area contributed by atoms with Crippen molar-refractivity contribution < 1.29 is 24.2 Å². The zero-order valence-electron chi connectivity index (χ0n) is 19.7. The van der Waals surface area contributed by atoms with Gasteiger partial charge in [-0.3, -0.25) is 14.4 Å². The number of nitrogens with zero attached hydrogens (tertiary/aromatic N) is 1. The number of carbonyl (C=O) groups excluding carboxylic acids is 3. The Hall–Kier alpha value is -1.67. The number of amides is 3. The maximum absolute atomic E-state index is 13.7. The van der Waals surface area contributed by atoms with E-state index in [9.17, 15) is 19.5 Å². The molecule has 2 bridgehead atoms. The van der Waals surface area contributed by atoms with Crippen molar-refractivity contribution in [3.63, 3.8) is 0 Å². The Kier molecular flexibility index (Phi) is 6.73. The molecule has 0 aliphatic carbocycles. The van der Waals surface area contributed by atoms with Crippen LogP contribution in [0.1, 0.15) is 67.2 Å². The summed E-state index contributed by atoms with van der Waals surface area (Å²) in [5.74, 6) is -2.08. The lowest BCUT2D eigenvalue weighted by atomic mass is 9.62. The molecule has 176 valence electrons. The fraction of sp³-hybridized carbons (Fsp3) is 0.870. The van der Waals surface area contributed by atoms with Gasteiger partial charge in [-0.05, 0) is 46.0 Å². The largest absolute Gasteiger partial charge is 0.394 e. The average Bonchev–Trinajstić information content (AvgIpc) is 3.22. The molecular formula is C23H39N3O5. The molecule has 3 saturated heterocycles. The van der Waals surface area contributed by atoms with Crippen LogP contribution in [0.25, 0.3) is 0 Å². The topological polar surface area (TPSA) is 108 Å². The number of aliphatic hydroxyl groups is 1. The van der Waals surface area contributed by atoms with E-state index in [0.717, 1.165) is 19.3 Å². The maximum atomic E-state index is 13.7. The van der Waals surface area contributed by atoms with E-state index in [1.165, 1.54) is 4.90 Å². The number of rotatable bonds is 9. The van der Waals surface area contributed by atoms with E-state index < -0.39 is 35.1 Å². The smallest absolute Gasteiger partial charge is 0.246 e. The van der Waals surface area contributed by atoms with E-state index >= 15 is 0 Å². The van der Waals surface area contributed by atoms with Crippen LogP contribution in [-0.4, -0.2) is 70.2 Å². The van der Waals surface area contributed by atoms with E-state index in [2.05, 4.69) is 17.6 Å². The van der Waals surface area contributed by atoms with Gasteiger partial charge in [-0.25, -0.2) is 0 Å². The Bertz CT molecular complexity index is 730. The molecule has 3 aliphatic rings. The van der Waals surface area contributed by atoms with Gasteiger partial charge in [0.25, 0.3) is 0 Å². The molecule has 4 unspecified atom stereocenters. The van der Waals surface area contributed by atoms with Gasteiger partial charge < -0.3 is 25.4 Å². The summed E-state index contributed by atoms with van der Waals surface area (Å²) in [4.78, 5) is 41.9. The molecule has 0 saturated carbocycles. The highest BCUT2D eigenvalue weighted by molar-refractivity contribution is 5.99. The third kappa shape index (κ3) is 3.55. The summed E-state index contributed by atoms with van der Waals surface area (Å²) < 4.78 is 6.60. The number of hydrogen-bond acceptors (Lipinski definition) is 5. The first kappa shape index (κ1) is 24.0. The van der Waals surface area contributed by atoms with Crippen molar-refractivity contribution in [2.75, 3.05) is 13.2 Å². The van der Waals surface area contributed by atoms with Crippen molar-refractivity contribution in [2.24, 2.45) is 17.8 Å². The molecule has 0 aromatic rings. The third-order valence-corrected chi connectivity index (χ3v) is 7.68. The van der Waals surface area contributed by atoms with Gasteiger partial charge >= 0.3 is 0 Å². The van der Waals surface area contributed by atoms with Crippen LogP contribution in [0.2, 0.25) is 0 Å². The van der Waals surface area contributed by atoms with Crippen LogP contribution in [-0.2, 0) is 19.1 Å². The van der Waals surface area contributed by atoms with Crippen LogP contribution < -0.4 is 10.6 Å². The highest BCUT2D eigenvalue weighted by Gasteiger charge is 2.80. The summed E-state index contributed by atoms with van der Waals surface area (Å²) in [5, 5.41) is 15.9. The molecular weight excluding hydrogens is 398 g/mol. The number of carbonyl (C=O) groups is 3. The van der Waals surface area contributed by atoms with Gasteiger partial charge in [0.1, 0.15) is 11.6 Å². The molecule has 3 N–H and O–H groups in total. The summed E-state index contributed by atoms with van der Waals surface area (Å²) in [6.45, 7) is 11.9. The summed E-state index contributed by atoms with van der Waals surface area (Å²) in [5.41, 5.74) is -1.86. The van der Waals surface area contributed by atoms with Crippen molar-refractivity contribution in [3.8, 4) is 0 Å². The minimum Gasteiger partial charge on any atom is -0.394 e. The fourth-order valence-electron chi connectivity index (χ4n) is 6.12. The molecule has 3 heterocycles. The van der Waals surface area contributed by atoms with Crippen molar-refractivity contribution in [1.29, 1.82) is 0 Å². The predicted molar refractivity (Wildman–Crippen MR) is 116 cm³/mol. The Morgan fingerprint density at radius 1 is 1.26 bits per heavy atom. The van der Waals surface area contributed by atoms with Crippen LogP contribution in [0.4, 0.5) is 0 Å². The number of fused-ring (bicyclic) bond motifs is 1. The molecule has 31 heavy (non-hydrogen) atoms. The van der Waals surface area contributed by atoms with Crippen molar-refractivity contribution in [3.05, 3.63) is 0 Å². The lowest BCUT2D eigenvalue weighted by molar-refractivity contribution is -0.150. The summed E-state index contributed by atoms with van der Waals surface area (Å²) in [6.07, 6.45) is 3.09. The second-order valence-electron chi connectivity index (χ2n) is 9.97. The minimum absolute atomic E-state index is 0.0154. The minimum atomic E-state index is -1.06. The Morgan fingerprint density at radius 2 is 1.94 bits per heavy atom. The van der Waals surface area contributed by atoms with Gasteiger partial charge in [0.05, 0.1) is 30.1 Å². The van der Waals surface area contributed by atoms with E-state index in [4.69, 9.17) is 4.74 Å². The van der Waals surface area contributed by atoms with Crippen LogP contribution in [0, 0.1) is 17.8 Å². The first-order valence-corrected chi connectivity index (χ1v) is 11.8. The standard InChI is InChI=1S/C23H39N3O5/c1-7-9-14(4)25-20(29)18-23-11-13(3)22(6,31-23)16(19(28)24-10-8-2)17(23)21(30)26(18)15(5)12-27/h13-18,27H,7-12H2,1-6H3,(H,24,28)(H,25,29)/t13?,14?,15-,16-,17+,18?,22+,23?/m1/s1. The van der Waals surface area contributed by atoms with E-state index in [0.29, 0.717) is 13.0 Å². The summed E-state index contributed by atoms with van der Waals surface area (Å²) >= 11 is 0. The Morgan fingerprint density at radius 3 is 2.52 bits per heavy atom. The van der Waals surface area contributed by atoms with Crippen LogP contribution in [0.15, 0.2) is 0 Å². The Labute approximate surface area is 185 Å². The summed E-state index contributed by atoms with van der Waals surface area (Å²) in [7, 11) is 0. The zero-order chi connectivity index (χ0) is 23.1. The van der Waals surface area contributed by atoms with Crippen LogP contribution in [0.3, 0.4) is 0 Å². The van der Waals surface area contributed by atoms with Crippen LogP contribution >= 0.6 is 0 Å². The number of hydrogen-bond donors (Lipinski definition) is 3. The zero-order valence-corrected chi connectivity index (χ0v) is 19.7. The number of ether oxygens (including phenoxy) is 1. The molecule has 8 nitrogen and oxygen atoms in total.